The molecule has 2 unspecified atom stereocenters. The zero-order chi connectivity index (χ0) is 21.8. The summed E-state index contributed by atoms with van der Waals surface area (Å²) in [4.78, 5) is 6.63. The summed E-state index contributed by atoms with van der Waals surface area (Å²) in [6.07, 6.45) is 5.50. The second-order valence-corrected chi connectivity index (χ2v) is 10.7. The summed E-state index contributed by atoms with van der Waals surface area (Å²) in [6.45, 7) is 0.727. The molecule has 0 aliphatic rings. The van der Waals surface area contributed by atoms with E-state index in [1.165, 1.54) is 0 Å². The molecule has 0 saturated carbocycles. The molecule has 158 valence electrons. The third-order valence-electron chi connectivity index (χ3n) is 4.60. The Morgan fingerprint density at radius 3 is 2.19 bits per heavy atom. The van der Waals surface area contributed by atoms with Gasteiger partial charge in [0, 0.05) is 38.6 Å². The number of nitrogens with zero attached hydrogens (tertiary/aromatic N) is 2. The van der Waals surface area contributed by atoms with Crippen molar-refractivity contribution in [2.24, 2.45) is 0 Å². The predicted molar refractivity (Wildman–Crippen MR) is 130 cm³/mol. The van der Waals surface area contributed by atoms with E-state index in [2.05, 4.69) is 4.98 Å². The van der Waals surface area contributed by atoms with E-state index in [9.17, 15) is 4.21 Å². The maximum absolute atomic E-state index is 12.9. The lowest BCUT2D eigenvalue weighted by atomic mass is 10.1. The number of thioether (sulfide) groups is 1. The van der Waals surface area contributed by atoms with E-state index < -0.39 is 10.8 Å². The molecule has 3 aromatic carbocycles. The van der Waals surface area contributed by atoms with Gasteiger partial charge in [0.1, 0.15) is 0 Å². The summed E-state index contributed by atoms with van der Waals surface area (Å²) >= 11 is 19.9. The van der Waals surface area contributed by atoms with Crippen molar-refractivity contribution < 1.29 is 4.21 Å². The second kappa shape index (κ2) is 10.2. The number of aromatic nitrogens is 2. The van der Waals surface area contributed by atoms with Crippen LogP contribution < -0.4 is 0 Å². The molecule has 4 rings (SSSR count). The van der Waals surface area contributed by atoms with Gasteiger partial charge in [-0.3, -0.25) is 0 Å². The van der Waals surface area contributed by atoms with E-state index in [0.29, 0.717) is 15.1 Å². The zero-order valence-electron chi connectivity index (χ0n) is 16.1. The van der Waals surface area contributed by atoms with Crippen molar-refractivity contribution in [3.63, 3.8) is 0 Å². The topological polar surface area (TPSA) is 34.9 Å². The van der Waals surface area contributed by atoms with Crippen LogP contribution in [-0.4, -0.2) is 13.8 Å². The van der Waals surface area contributed by atoms with Gasteiger partial charge in [0.15, 0.2) is 0 Å². The summed E-state index contributed by atoms with van der Waals surface area (Å²) in [6, 6.07) is 20.6. The molecule has 0 saturated heterocycles. The minimum atomic E-state index is -1.26. The lowest BCUT2D eigenvalue weighted by Gasteiger charge is -2.18. The van der Waals surface area contributed by atoms with Crippen molar-refractivity contribution in [3.8, 4) is 0 Å². The van der Waals surface area contributed by atoms with Gasteiger partial charge in [-0.15, -0.1) is 11.8 Å². The molecule has 31 heavy (non-hydrogen) atoms. The van der Waals surface area contributed by atoms with Crippen molar-refractivity contribution in [1.82, 2.24) is 9.55 Å². The molecule has 0 bridgehead atoms. The molecule has 0 amide bonds. The van der Waals surface area contributed by atoms with E-state index in [-0.39, 0.29) is 5.25 Å². The maximum Gasteiger partial charge on any atom is 0.0946 e. The number of hydrogen-bond acceptors (Lipinski definition) is 3. The van der Waals surface area contributed by atoms with Crippen molar-refractivity contribution >= 4 is 57.4 Å². The van der Waals surface area contributed by atoms with Crippen molar-refractivity contribution in [2.45, 2.75) is 26.5 Å². The monoisotopic (exact) mass is 506 g/mol. The molecule has 4 aromatic rings. The van der Waals surface area contributed by atoms with Gasteiger partial charge in [0.25, 0.3) is 0 Å². The first-order valence-electron chi connectivity index (χ1n) is 9.34. The third-order valence-corrected chi connectivity index (χ3v) is 8.22. The van der Waals surface area contributed by atoms with Gasteiger partial charge < -0.3 is 4.57 Å². The first-order valence-corrected chi connectivity index (χ1v) is 12.5. The minimum Gasteiger partial charge on any atom is -0.336 e. The summed E-state index contributed by atoms with van der Waals surface area (Å²) in [5, 5.41) is 1.79. The van der Waals surface area contributed by atoms with E-state index in [0.717, 1.165) is 26.8 Å². The first-order chi connectivity index (χ1) is 15.0. The van der Waals surface area contributed by atoms with Gasteiger partial charge in [0.05, 0.1) is 32.4 Å². The average Bonchev–Trinajstić information content (AvgIpc) is 3.29. The summed E-state index contributed by atoms with van der Waals surface area (Å²) in [5.41, 5.74) is 1.11. The van der Waals surface area contributed by atoms with Crippen LogP contribution in [0.2, 0.25) is 15.1 Å². The Hall–Kier alpha value is -1.76. The second-order valence-electron chi connectivity index (χ2n) is 6.73. The number of benzene rings is 3. The zero-order valence-corrected chi connectivity index (χ0v) is 20.0. The smallest absolute Gasteiger partial charge is 0.0946 e. The average molecular weight is 508 g/mol. The fraction of sp³-hybridized carbons (Fsp3) is 0.0870. The fourth-order valence-electron chi connectivity index (χ4n) is 3.01. The van der Waals surface area contributed by atoms with Crippen molar-refractivity contribution in [3.05, 3.63) is 106 Å². The summed E-state index contributed by atoms with van der Waals surface area (Å²) in [7, 11) is -1.26. The normalized spacial score (nSPS) is 13.1. The van der Waals surface area contributed by atoms with Crippen molar-refractivity contribution in [1.29, 1.82) is 0 Å². The Morgan fingerprint density at radius 1 is 0.903 bits per heavy atom. The van der Waals surface area contributed by atoms with Gasteiger partial charge in [-0.25, -0.2) is 9.19 Å². The Bertz CT molecular complexity index is 1180. The van der Waals surface area contributed by atoms with E-state index in [1.807, 2.05) is 47.2 Å². The van der Waals surface area contributed by atoms with Crippen LogP contribution in [0.3, 0.4) is 0 Å². The molecule has 0 fully saturated rings. The largest absolute Gasteiger partial charge is 0.336 e. The Labute approximate surface area is 202 Å². The molecule has 0 aliphatic carbocycles. The lowest BCUT2D eigenvalue weighted by molar-refractivity contribution is 0.680. The highest BCUT2D eigenvalue weighted by Gasteiger charge is 2.16. The minimum absolute atomic E-state index is 0.101. The van der Waals surface area contributed by atoms with Gasteiger partial charge in [-0.05, 0) is 60.2 Å². The van der Waals surface area contributed by atoms with E-state index >= 15 is 0 Å². The van der Waals surface area contributed by atoms with Gasteiger partial charge in [-0.2, -0.15) is 0 Å². The van der Waals surface area contributed by atoms with E-state index in [1.54, 1.807) is 54.6 Å². The van der Waals surface area contributed by atoms with Gasteiger partial charge in [-0.1, -0.05) is 46.9 Å². The SMILES string of the molecule is O=S(c1ccc(Cl)cc1)c1ccc(C(Cn2ccnc2)Sc2ccc(Cl)c(Cl)c2)cc1. The number of imidazole rings is 1. The van der Waals surface area contributed by atoms with Crippen LogP contribution in [0.1, 0.15) is 10.8 Å². The molecule has 0 N–H and O–H groups in total. The number of rotatable bonds is 7. The van der Waals surface area contributed by atoms with Crippen LogP contribution in [0.15, 0.2) is 100 Å². The predicted octanol–water partition coefficient (Wildman–Crippen LogP) is 7.54. The summed E-state index contributed by atoms with van der Waals surface area (Å²) in [5.74, 6) is 0. The first kappa shape index (κ1) is 22.4. The van der Waals surface area contributed by atoms with Crippen LogP contribution in [0.25, 0.3) is 0 Å². The number of halogens is 3. The molecule has 0 aliphatic heterocycles. The molecule has 1 aromatic heterocycles. The van der Waals surface area contributed by atoms with Gasteiger partial charge in [0.2, 0.25) is 0 Å². The lowest BCUT2D eigenvalue weighted by Crippen LogP contribution is -2.05. The molecule has 0 radical (unpaired) electrons. The molecule has 3 nitrogen and oxygen atoms in total. The Balaban J connectivity index is 1.59. The molecular formula is C23H17Cl3N2OS2. The van der Waals surface area contributed by atoms with E-state index in [4.69, 9.17) is 34.8 Å². The number of hydrogen-bond donors (Lipinski definition) is 0. The van der Waals surface area contributed by atoms with Crippen LogP contribution in [-0.2, 0) is 17.3 Å². The summed E-state index contributed by atoms with van der Waals surface area (Å²) < 4.78 is 14.9. The molecular weight excluding hydrogens is 491 g/mol. The highest BCUT2D eigenvalue weighted by molar-refractivity contribution is 7.99. The highest BCUT2D eigenvalue weighted by atomic mass is 35.5. The Kier molecular flexibility index (Phi) is 7.41. The standard InChI is InChI=1S/C23H17Cl3N2OS2/c24-17-3-8-20(9-4-17)31(29)19-6-1-16(2-7-19)23(14-28-12-11-27-15-28)30-18-5-10-21(25)22(26)13-18/h1-13,15,23H,14H2. The molecule has 2 atom stereocenters. The maximum atomic E-state index is 12.9. The quantitative estimate of drug-likeness (QED) is 0.242. The van der Waals surface area contributed by atoms with Gasteiger partial charge >= 0.3 is 0 Å². The fourth-order valence-corrected chi connectivity index (χ4v) is 5.74. The molecule has 0 spiro atoms. The molecule has 8 heteroatoms. The van der Waals surface area contributed by atoms with Crippen LogP contribution >= 0.6 is 46.6 Å². The van der Waals surface area contributed by atoms with Crippen LogP contribution in [0, 0.1) is 0 Å². The third kappa shape index (κ3) is 5.73. The highest BCUT2D eigenvalue weighted by Crippen LogP contribution is 2.39. The van der Waals surface area contributed by atoms with Crippen LogP contribution in [0.5, 0.6) is 0 Å². The molecule has 1 heterocycles. The Morgan fingerprint density at radius 2 is 1.58 bits per heavy atom. The van der Waals surface area contributed by atoms with Crippen molar-refractivity contribution in [2.75, 3.05) is 0 Å². The van der Waals surface area contributed by atoms with Crippen LogP contribution in [0.4, 0.5) is 0 Å².